The van der Waals surface area contributed by atoms with Crippen molar-refractivity contribution in [1.82, 2.24) is 53.2 Å². The molecule has 44 heteroatoms. The van der Waals surface area contributed by atoms with Crippen LogP contribution in [0.2, 0.25) is 0 Å². The minimum atomic E-state index is -0.802. The largest absolute Gasteiger partial charge is 0.508 e. The predicted molar refractivity (Wildman–Crippen MR) is 579 cm³/mol. The summed E-state index contributed by atoms with van der Waals surface area (Å²) in [7, 11) is 0. The van der Waals surface area contributed by atoms with Crippen molar-refractivity contribution in [3.8, 4) is 11.5 Å². The van der Waals surface area contributed by atoms with E-state index in [1.165, 1.54) is 71.3 Å². The van der Waals surface area contributed by atoms with E-state index < -0.39 is 65.8 Å². The van der Waals surface area contributed by atoms with Crippen LogP contribution in [0.25, 0.3) is 0 Å². The van der Waals surface area contributed by atoms with Gasteiger partial charge in [0.15, 0.2) is 23.5 Å². The van der Waals surface area contributed by atoms with E-state index in [-0.39, 0.29) is 232 Å². The Morgan fingerprint density at radius 3 is 1.23 bits per heavy atom. The fourth-order valence-corrected chi connectivity index (χ4v) is 19.0. The Kier molecular flexibility index (Phi) is 73.2. The molecule has 2 fully saturated rings. The second-order valence-electron chi connectivity index (χ2n) is 37.5. The molecule has 0 radical (unpaired) electrons. The lowest BCUT2D eigenvalue weighted by Gasteiger charge is -2.25. The van der Waals surface area contributed by atoms with Crippen molar-refractivity contribution < 1.29 is 106 Å². The molecule has 4 rings (SSSR count). The number of hydrogen-bond donors (Lipinski definition) is 18. The molecule has 0 spiro atoms. The van der Waals surface area contributed by atoms with Gasteiger partial charge in [-0.05, 0) is 212 Å². The Labute approximate surface area is 885 Å². The van der Waals surface area contributed by atoms with Crippen LogP contribution in [-0.2, 0) is 109 Å². The number of phenolic OH excluding ortho intramolecular Hbond substituents is 2. The van der Waals surface area contributed by atoms with Gasteiger partial charge in [-0.2, -0.15) is 47.0 Å². The summed E-state index contributed by atoms with van der Waals surface area (Å²) in [6, 6.07) is 8.56. The molecule has 2 saturated heterocycles. The monoisotopic (exact) mass is 2140 g/mol. The van der Waals surface area contributed by atoms with Crippen molar-refractivity contribution in [2.45, 2.75) is 263 Å². The zero-order valence-corrected chi connectivity index (χ0v) is 90.8. The van der Waals surface area contributed by atoms with Crippen LogP contribution in [0.5, 0.6) is 11.5 Å². The standard InChI is InChI=1S/C52H87N9O11S2.C51H85N9O11S2/c1-4-36(2)50-45(65)19-15-39(10-5-6-23-56-47(67)21-27-72-29-28-71-26-8-11-41(63)34-73-3)46(66)33-60-42(22-30-74-35-49(69)57-25-20-48(68)61-50)44(64)18-14-38(9-7-24-58-52(54)55)32-59-43(51(53)70)31-37-12-16-40(62)17-13-37;1-4-35(2)49-44(64)19-15-38(10-5-6-22-55-46(66)20-25-71-27-26-70-24-8-11-40(62)33-72-3)45(65)31-58-41(21-28-73-34-48(68)59-32-47(67)60-49)43(63)18-14-37(9-7-23-56-51(53)54)30-57-42(50(52)69)29-36-12-16-39(61)17-13-36/h12-13,16-17,36,38-39,42-43,50,59-60,62H,4-11,14-15,18-35H2,1-3H3,(H2,53,70)(H,56,67)(H,57,69)(H,61,68)(H4,54,55,58);12-13,16-17,35,37-38,41-42,49,57-58,61H,4-11,14-15,18-34H2,1-3H3,(H2,52,69)(H,55,66)(H,59,68)(H,60,67)(H4,53,54,56)/t36-,38+,39+,42-,43-,50-;35-,37+,38+,41-,42-,49-/m00/s1. The molecule has 24 N–H and O–H groups in total. The second-order valence-corrected chi connectivity index (χ2v) is 41.5. The van der Waals surface area contributed by atoms with Gasteiger partial charge in [-0.1, -0.05) is 77.6 Å². The molecule has 0 saturated carbocycles. The van der Waals surface area contributed by atoms with Crippen LogP contribution in [-0.4, -0.2) is 317 Å². The van der Waals surface area contributed by atoms with E-state index in [0.29, 0.717) is 243 Å². The number of nitrogens with zero attached hydrogens (tertiary/aromatic N) is 2. The molecule has 0 aliphatic carbocycles. The topological polar surface area (TPSA) is 652 Å². The molecule has 12 atom stereocenters. The Hall–Kier alpha value is -9.22. The third kappa shape index (κ3) is 64.8. The van der Waals surface area contributed by atoms with Gasteiger partial charge in [-0.25, -0.2) is 0 Å². The number of aromatic hydroxyl groups is 2. The van der Waals surface area contributed by atoms with Gasteiger partial charge in [0.05, 0.1) is 119 Å². The van der Waals surface area contributed by atoms with Gasteiger partial charge in [0.25, 0.3) is 0 Å². The minimum absolute atomic E-state index is 0.00714. The first-order chi connectivity index (χ1) is 70.5. The van der Waals surface area contributed by atoms with Crippen molar-refractivity contribution in [2.24, 2.45) is 79.9 Å². The van der Waals surface area contributed by atoms with Crippen molar-refractivity contribution in [2.75, 3.05) is 165 Å². The number of phenols is 2. The normalized spacial score (nSPS) is 18.8. The average Bonchev–Trinajstić information content (AvgIpc) is 1.08. The number of aliphatic imine (C=N–C) groups is 2. The van der Waals surface area contributed by atoms with Crippen molar-refractivity contribution in [3.63, 3.8) is 0 Å². The Balaban J connectivity index is 0.000000755. The van der Waals surface area contributed by atoms with E-state index in [9.17, 15) is 86.9 Å². The number of rotatable bonds is 66. The highest BCUT2D eigenvalue weighted by Gasteiger charge is 2.34. The first-order valence-electron chi connectivity index (χ1n) is 52.0. The number of ether oxygens (including phenoxy) is 4. The number of amides is 8. The molecule has 830 valence electrons. The summed E-state index contributed by atoms with van der Waals surface area (Å²) in [6.07, 6.45) is 16.3. The van der Waals surface area contributed by atoms with Gasteiger partial charge in [0.2, 0.25) is 47.3 Å². The van der Waals surface area contributed by atoms with Crippen LogP contribution in [0.15, 0.2) is 58.5 Å². The van der Waals surface area contributed by atoms with Gasteiger partial charge < -0.3 is 117 Å². The third-order valence-corrected chi connectivity index (χ3v) is 28.7. The van der Waals surface area contributed by atoms with E-state index in [4.69, 9.17) is 53.3 Å². The lowest BCUT2D eigenvalue weighted by atomic mass is 9.87. The average molecular weight is 2140 g/mol. The highest BCUT2D eigenvalue weighted by molar-refractivity contribution is 8.00. The molecule has 2 aromatic rings. The number of hydrogen-bond acceptors (Lipinski definition) is 32. The number of carbonyl (C=O) groups is 16. The van der Waals surface area contributed by atoms with Crippen LogP contribution >= 0.6 is 47.0 Å². The van der Waals surface area contributed by atoms with Crippen LogP contribution in [0.1, 0.15) is 225 Å². The van der Waals surface area contributed by atoms with E-state index in [2.05, 4.69) is 63.2 Å². The maximum absolute atomic E-state index is 14.2. The summed E-state index contributed by atoms with van der Waals surface area (Å²) in [6.45, 7) is 12.2. The SMILES string of the molecule is CC[C@H](C)[C@@H]1NC(=O)CCNC(=O)CSCC[C@@H](C(=O)CC[C@@H](CCCN=C(N)N)CN[C@@H](Cc2ccc(O)cc2)C(N)=O)NCC(=O)[C@H](CCCCNC(=O)CCOCCOCCCC(=O)CSC)CCC1=O.CC[C@H](C)[C@@H]1NC(=O)CNC(=O)CSCC[C@@H](C(=O)CC[C@@H](CCCN=C(N)N)CN[C@@H](Cc2ccc(O)cc2)C(N)=O)NCC(=O)[C@H](CCCCNC(=O)CCOCCOCCCC(=O)CSC)CCC1=O. The van der Waals surface area contributed by atoms with Crippen molar-refractivity contribution in [1.29, 1.82) is 0 Å². The number of nitrogens with one attached hydrogen (secondary N) is 10. The number of nitrogens with two attached hydrogens (primary N) is 6. The Bertz CT molecular complexity index is 4290. The van der Waals surface area contributed by atoms with Gasteiger partial charge in [0, 0.05) is 116 Å². The van der Waals surface area contributed by atoms with E-state index in [1.807, 2.05) is 40.2 Å². The lowest BCUT2D eigenvalue weighted by molar-refractivity contribution is -0.130. The summed E-state index contributed by atoms with van der Waals surface area (Å²) in [5.74, 6) is -2.99. The minimum Gasteiger partial charge on any atom is -0.508 e. The molecule has 0 aromatic heterocycles. The molecule has 0 unspecified atom stereocenters. The Morgan fingerprint density at radius 2 is 0.844 bits per heavy atom. The smallest absolute Gasteiger partial charge is 0.239 e. The number of carbonyl (C=O) groups excluding carboxylic acids is 16. The molecule has 2 aromatic carbocycles. The van der Waals surface area contributed by atoms with Gasteiger partial charge in [-0.15, -0.1) is 0 Å². The van der Waals surface area contributed by atoms with Crippen LogP contribution in [0.4, 0.5) is 0 Å². The number of guanidine groups is 2. The summed E-state index contributed by atoms with van der Waals surface area (Å²) < 4.78 is 22.1. The van der Waals surface area contributed by atoms with Gasteiger partial charge >= 0.3 is 0 Å². The molecule has 0 bridgehead atoms. The zero-order chi connectivity index (χ0) is 108. The quantitative estimate of drug-likeness (QED) is 0.0245. The van der Waals surface area contributed by atoms with E-state index >= 15 is 0 Å². The Morgan fingerprint density at radius 1 is 0.449 bits per heavy atom. The molecule has 147 heavy (non-hydrogen) atoms. The van der Waals surface area contributed by atoms with Crippen molar-refractivity contribution >= 4 is 152 Å². The molecule has 2 aliphatic rings. The summed E-state index contributed by atoms with van der Waals surface area (Å²) in [5, 5.41) is 49.3. The number of unbranched alkanes of at least 4 members (excludes halogenated alkanes) is 2. The first-order valence-corrected chi connectivity index (χ1v) is 57.1. The number of primary amides is 2. The number of Topliss-reactive ketones (excluding diaryl/α,β-unsaturated/α-hetero) is 8. The maximum atomic E-state index is 14.2. The van der Waals surface area contributed by atoms with Crippen LogP contribution < -0.4 is 87.6 Å². The highest BCUT2D eigenvalue weighted by atomic mass is 32.2. The summed E-state index contributed by atoms with van der Waals surface area (Å²) in [5.41, 5.74) is 35.4. The molecular formula is C103H172N18O22S4. The summed E-state index contributed by atoms with van der Waals surface area (Å²) >= 11 is 5.64. The fourth-order valence-electron chi connectivity index (χ4n) is 16.4. The number of ketones is 8. The fraction of sp³-hybridized carbons (Fsp3) is 0.709. The van der Waals surface area contributed by atoms with Gasteiger partial charge in [-0.3, -0.25) is 86.7 Å². The zero-order valence-electron chi connectivity index (χ0n) is 87.5. The van der Waals surface area contributed by atoms with Gasteiger partial charge in [0.1, 0.15) is 46.2 Å². The van der Waals surface area contributed by atoms with Crippen molar-refractivity contribution in [3.05, 3.63) is 59.7 Å². The lowest BCUT2D eigenvalue weighted by Crippen LogP contribution is -2.49. The number of thioether (sulfide) groups is 4. The number of benzene rings is 2. The van der Waals surface area contributed by atoms with Crippen LogP contribution in [0, 0.1) is 35.5 Å². The highest BCUT2D eigenvalue weighted by Crippen LogP contribution is 2.26. The van der Waals surface area contributed by atoms with E-state index in [1.54, 1.807) is 24.3 Å². The first kappa shape index (κ1) is 132. The molecule has 2 heterocycles. The predicted octanol–water partition coefficient (Wildman–Crippen LogP) is 4.58. The third-order valence-electron chi connectivity index (χ3n) is 25.5. The molecule has 40 nitrogen and oxygen atoms in total. The molecule has 2 aliphatic heterocycles. The van der Waals surface area contributed by atoms with E-state index in [0.717, 1.165) is 11.1 Å². The molecular weight excluding hydrogens is 1970 g/mol. The maximum Gasteiger partial charge on any atom is 0.239 e. The second kappa shape index (κ2) is 81.6. The van der Waals surface area contributed by atoms with Crippen LogP contribution in [0.3, 0.4) is 0 Å². The molecule has 8 amide bonds. The summed E-state index contributed by atoms with van der Waals surface area (Å²) in [4.78, 5) is 217.